The second kappa shape index (κ2) is 8.19. The van der Waals surface area contributed by atoms with Crippen molar-refractivity contribution in [2.24, 2.45) is 17.8 Å². The van der Waals surface area contributed by atoms with Gasteiger partial charge in [-0.05, 0) is 110 Å². The van der Waals surface area contributed by atoms with Crippen LogP contribution in [0.2, 0.25) is 0 Å². The van der Waals surface area contributed by atoms with Crippen LogP contribution in [0.1, 0.15) is 81.4 Å². The summed E-state index contributed by atoms with van der Waals surface area (Å²) < 4.78 is 2.18. The third kappa shape index (κ3) is 3.56. The van der Waals surface area contributed by atoms with Gasteiger partial charge in [-0.3, -0.25) is 14.9 Å². The van der Waals surface area contributed by atoms with Crippen molar-refractivity contribution in [2.45, 2.75) is 75.7 Å². The lowest BCUT2D eigenvalue weighted by molar-refractivity contribution is -0.122. The minimum absolute atomic E-state index is 0.0102. The van der Waals surface area contributed by atoms with Crippen molar-refractivity contribution in [3.8, 4) is 0 Å². The molecule has 8 rings (SSSR count). The number of benzene rings is 1. The molecule has 36 heavy (non-hydrogen) atoms. The molecule has 0 unspecified atom stereocenters. The number of imide groups is 2. The van der Waals surface area contributed by atoms with E-state index in [9.17, 15) is 14.4 Å². The predicted octanol–water partition coefficient (Wildman–Crippen LogP) is 5.74. The van der Waals surface area contributed by atoms with Gasteiger partial charge in [0.2, 0.25) is 0 Å². The number of barbiturate groups is 1. The van der Waals surface area contributed by atoms with Crippen LogP contribution in [0.5, 0.6) is 0 Å². The fraction of sp³-hybridized carbons (Fsp3) is 0.500. The highest BCUT2D eigenvalue weighted by Gasteiger charge is 2.51. The summed E-state index contributed by atoms with van der Waals surface area (Å²) in [5.74, 6) is 1.35. The van der Waals surface area contributed by atoms with E-state index in [4.69, 9.17) is 0 Å². The fourth-order valence-electron chi connectivity index (χ4n) is 8.43. The minimum Gasteiger partial charge on any atom is -0.351 e. The van der Waals surface area contributed by atoms with Gasteiger partial charge in [0.05, 0.1) is 5.69 Å². The van der Waals surface area contributed by atoms with Gasteiger partial charge in [0.1, 0.15) is 5.57 Å². The van der Waals surface area contributed by atoms with Crippen LogP contribution in [0.15, 0.2) is 48.3 Å². The maximum Gasteiger partial charge on any atom is 0.335 e. The molecule has 4 amide bonds. The molecule has 5 saturated carbocycles. The molecule has 5 aliphatic carbocycles. The SMILES string of the molecule is O=C1NC(=O)N(c2ccc(C34CC5CC(CC(C5)C3)C4)cc2)C(=O)/C1=C\c1ccn(C2CCCC2)c1. The lowest BCUT2D eigenvalue weighted by Crippen LogP contribution is -2.54. The molecule has 1 saturated heterocycles. The Morgan fingerprint density at radius 2 is 1.50 bits per heavy atom. The van der Waals surface area contributed by atoms with E-state index in [1.165, 1.54) is 56.9 Å². The Morgan fingerprint density at radius 3 is 2.14 bits per heavy atom. The lowest BCUT2D eigenvalue weighted by Gasteiger charge is -2.57. The Bertz CT molecular complexity index is 1230. The molecular weight excluding hydrogens is 450 g/mol. The first kappa shape index (κ1) is 22.1. The molecule has 6 fully saturated rings. The summed E-state index contributed by atoms with van der Waals surface area (Å²) in [4.78, 5) is 39.9. The normalized spacial score (nSPS) is 33.1. The maximum atomic E-state index is 13.4. The smallest absolute Gasteiger partial charge is 0.335 e. The van der Waals surface area contributed by atoms with Gasteiger partial charge in [0, 0.05) is 18.4 Å². The number of nitrogens with one attached hydrogen (secondary N) is 1. The van der Waals surface area contributed by atoms with Gasteiger partial charge in [-0.1, -0.05) is 25.0 Å². The molecule has 2 aromatic rings. The average molecular weight is 484 g/mol. The van der Waals surface area contributed by atoms with E-state index in [2.05, 4.69) is 22.0 Å². The zero-order valence-corrected chi connectivity index (χ0v) is 20.6. The molecule has 6 aliphatic rings. The van der Waals surface area contributed by atoms with E-state index >= 15 is 0 Å². The number of carbonyl (C=O) groups excluding carboxylic acids is 3. The van der Waals surface area contributed by atoms with Crippen LogP contribution in [0.3, 0.4) is 0 Å². The highest BCUT2D eigenvalue weighted by Crippen LogP contribution is 2.60. The monoisotopic (exact) mass is 483 g/mol. The first-order valence-electron chi connectivity index (χ1n) is 13.7. The molecule has 1 N–H and O–H groups in total. The topological polar surface area (TPSA) is 71.4 Å². The molecule has 1 aromatic heterocycles. The molecular formula is C30H33N3O3. The number of carbonyl (C=O) groups is 3. The number of nitrogens with zero attached hydrogens (tertiary/aromatic N) is 2. The summed E-state index contributed by atoms with van der Waals surface area (Å²) in [6.07, 6.45) is 18.4. The number of rotatable bonds is 4. The molecule has 1 aliphatic heterocycles. The molecule has 6 nitrogen and oxygen atoms in total. The largest absolute Gasteiger partial charge is 0.351 e. The molecule has 2 heterocycles. The lowest BCUT2D eigenvalue weighted by atomic mass is 9.48. The third-order valence-electron chi connectivity index (χ3n) is 9.67. The van der Waals surface area contributed by atoms with E-state index in [0.29, 0.717) is 11.7 Å². The van der Waals surface area contributed by atoms with Crippen LogP contribution in [0, 0.1) is 17.8 Å². The highest BCUT2D eigenvalue weighted by molar-refractivity contribution is 6.39. The second-order valence-electron chi connectivity index (χ2n) is 12.0. The van der Waals surface area contributed by atoms with Crippen molar-refractivity contribution in [1.82, 2.24) is 9.88 Å². The van der Waals surface area contributed by atoms with Crippen LogP contribution in [0.4, 0.5) is 10.5 Å². The summed E-state index contributed by atoms with van der Waals surface area (Å²) in [6.45, 7) is 0. The highest BCUT2D eigenvalue weighted by atomic mass is 16.2. The second-order valence-corrected chi connectivity index (χ2v) is 12.0. The summed E-state index contributed by atoms with van der Waals surface area (Å²) in [6, 6.07) is 9.72. The van der Waals surface area contributed by atoms with Crippen molar-refractivity contribution in [1.29, 1.82) is 0 Å². The number of hydrogen-bond acceptors (Lipinski definition) is 3. The Labute approximate surface area is 211 Å². The van der Waals surface area contributed by atoms with Gasteiger partial charge in [-0.15, -0.1) is 0 Å². The fourth-order valence-corrected chi connectivity index (χ4v) is 8.43. The first-order valence-corrected chi connectivity index (χ1v) is 13.7. The van der Waals surface area contributed by atoms with E-state index in [0.717, 1.165) is 41.1 Å². The quantitative estimate of drug-likeness (QED) is 0.445. The third-order valence-corrected chi connectivity index (χ3v) is 9.67. The molecule has 4 bridgehead atoms. The Morgan fingerprint density at radius 1 is 0.861 bits per heavy atom. The van der Waals surface area contributed by atoms with Gasteiger partial charge in [-0.25, -0.2) is 9.69 Å². The van der Waals surface area contributed by atoms with E-state index in [-0.39, 0.29) is 11.0 Å². The summed E-state index contributed by atoms with van der Waals surface area (Å²) >= 11 is 0. The first-order chi connectivity index (χ1) is 17.5. The maximum absolute atomic E-state index is 13.4. The summed E-state index contributed by atoms with van der Waals surface area (Å²) in [7, 11) is 0. The average Bonchev–Trinajstić information content (AvgIpc) is 3.53. The van der Waals surface area contributed by atoms with Gasteiger partial charge in [0.15, 0.2) is 0 Å². The van der Waals surface area contributed by atoms with Gasteiger partial charge >= 0.3 is 6.03 Å². The van der Waals surface area contributed by atoms with Crippen molar-refractivity contribution in [2.75, 3.05) is 4.90 Å². The predicted molar refractivity (Wildman–Crippen MR) is 137 cm³/mol. The number of urea groups is 1. The van der Waals surface area contributed by atoms with Crippen LogP contribution < -0.4 is 10.2 Å². The van der Waals surface area contributed by atoms with Crippen molar-refractivity contribution in [3.63, 3.8) is 0 Å². The Kier molecular flexibility index (Phi) is 5.02. The van der Waals surface area contributed by atoms with Crippen LogP contribution in [-0.4, -0.2) is 22.4 Å². The van der Waals surface area contributed by atoms with Crippen molar-refractivity contribution < 1.29 is 14.4 Å². The molecule has 0 spiro atoms. The van der Waals surface area contributed by atoms with Crippen LogP contribution in [-0.2, 0) is 15.0 Å². The Hall–Kier alpha value is -3.15. The number of amides is 4. The van der Waals surface area contributed by atoms with E-state index in [1.807, 2.05) is 30.6 Å². The van der Waals surface area contributed by atoms with Crippen LogP contribution in [0.25, 0.3) is 6.08 Å². The van der Waals surface area contributed by atoms with Crippen molar-refractivity contribution >= 4 is 29.6 Å². The van der Waals surface area contributed by atoms with Gasteiger partial charge in [0.25, 0.3) is 11.8 Å². The van der Waals surface area contributed by atoms with Gasteiger partial charge < -0.3 is 4.57 Å². The minimum atomic E-state index is -0.687. The van der Waals surface area contributed by atoms with Crippen molar-refractivity contribution in [3.05, 3.63) is 59.4 Å². The number of hydrogen-bond donors (Lipinski definition) is 1. The molecule has 0 radical (unpaired) electrons. The number of anilines is 1. The zero-order chi connectivity index (χ0) is 24.4. The Balaban J connectivity index is 1.15. The molecule has 1 aromatic carbocycles. The zero-order valence-electron chi connectivity index (χ0n) is 20.6. The number of aromatic nitrogens is 1. The van der Waals surface area contributed by atoms with Gasteiger partial charge in [-0.2, -0.15) is 0 Å². The van der Waals surface area contributed by atoms with E-state index in [1.54, 1.807) is 6.08 Å². The summed E-state index contributed by atoms with van der Waals surface area (Å²) in [5.41, 5.74) is 2.90. The van der Waals surface area contributed by atoms with Crippen LogP contribution >= 0.6 is 0 Å². The molecule has 186 valence electrons. The summed E-state index contributed by atoms with van der Waals surface area (Å²) in [5, 5.41) is 2.37. The standard InChI is InChI=1S/C30H33N3O3/c34-27-26(14-19-9-10-32(18-19)24-3-1-2-4-24)28(35)33(29(36)31-27)25-7-5-23(6-8-25)30-15-20-11-21(16-30)13-22(12-20)17-30/h5-10,14,18,20-22,24H,1-4,11-13,15-17H2,(H,31,34,36)/b26-14-. The molecule has 0 atom stereocenters. The molecule has 6 heteroatoms. The van der Waals surface area contributed by atoms with E-state index < -0.39 is 17.8 Å².